The van der Waals surface area contributed by atoms with Crippen LogP contribution in [0.25, 0.3) is 0 Å². The molecule has 0 aromatic heterocycles. The molecule has 2 N–H and O–H groups in total. The van der Waals surface area contributed by atoms with Gasteiger partial charge in [0.15, 0.2) is 5.96 Å². The minimum atomic E-state index is -0.0194. The molecule has 1 aliphatic heterocycles. The minimum absolute atomic E-state index is 0. The largest absolute Gasteiger partial charge is 0.497 e. The van der Waals surface area contributed by atoms with Gasteiger partial charge in [-0.3, -0.25) is 4.99 Å². The third-order valence-corrected chi connectivity index (χ3v) is 5.83. The van der Waals surface area contributed by atoms with E-state index in [1.54, 1.807) is 21.3 Å². The quantitative estimate of drug-likeness (QED) is 0.191. The molecule has 3 rings (SSSR count). The Morgan fingerprint density at radius 1 is 1.03 bits per heavy atom. The number of halogens is 1. The molecule has 0 spiro atoms. The van der Waals surface area contributed by atoms with E-state index < -0.39 is 0 Å². The molecule has 2 aromatic rings. The van der Waals surface area contributed by atoms with Crippen molar-refractivity contribution >= 4 is 35.6 Å². The van der Waals surface area contributed by atoms with Crippen LogP contribution in [0.15, 0.2) is 53.5 Å². The van der Waals surface area contributed by atoms with Crippen LogP contribution in [0.3, 0.4) is 0 Å². The van der Waals surface area contributed by atoms with Crippen molar-refractivity contribution in [2.75, 3.05) is 59.6 Å². The van der Waals surface area contributed by atoms with Crippen molar-refractivity contribution in [1.82, 2.24) is 5.32 Å². The van der Waals surface area contributed by atoms with Gasteiger partial charge in [-0.2, -0.15) is 0 Å². The predicted octanol–water partition coefficient (Wildman–Crippen LogP) is 4.46. The van der Waals surface area contributed by atoms with Gasteiger partial charge in [0, 0.05) is 64.1 Å². The summed E-state index contributed by atoms with van der Waals surface area (Å²) >= 11 is 0. The van der Waals surface area contributed by atoms with E-state index in [2.05, 4.69) is 27.8 Å². The van der Waals surface area contributed by atoms with Crippen LogP contribution in [0.1, 0.15) is 24.8 Å². The molecule has 1 heterocycles. The van der Waals surface area contributed by atoms with E-state index in [9.17, 15) is 0 Å². The van der Waals surface area contributed by atoms with E-state index in [0.717, 1.165) is 62.2 Å². The Morgan fingerprint density at radius 3 is 2.45 bits per heavy atom. The molecule has 1 fully saturated rings. The zero-order valence-corrected chi connectivity index (χ0v) is 22.1. The molecule has 33 heavy (non-hydrogen) atoms. The number of anilines is 1. The maximum absolute atomic E-state index is 5.81. The third-order valence-electron chi connectivity index (χ3n) is 5.83. The fourth-order valence-corrected chi connectivity index (χ4v) is 3.90. The molecule has 1 aliphatic rings. The van der Waals surface area contributed by atoms with Crippen LogP contribution in [0.4, 0.5) is 5.69 Å². The molecule has 2 aromatic carbocycles. The maximum Gasteiger partial charge on any atom is 0.195 e. The number of nitrogens with zero attached hydrogens (tertiary/aromatic N) is 1. The first-order chi connectivity index (χ1) is 15.7. The number of guanidine groups is 1. The number of methoxy groups -OCH3 is 2. The molecule has 0 bridgehead atoms. The lowest BCUT2D eigenvalue weighted by Crippen LogP contribution is -2.46. The number of hydrogen-bond donors (Lipinski definition) is 2. The number of benzene rings is 2. The first-order valence-corrected chi connectivity index (χ1v) is 11.1. The van der Waals surface area contributed by atoms with E-state index in [-0.39, 0.29) is 29.4 Å². The molecule has 0 atom stereocenters. The molecule has 182 valence electrons. The Labute approximate surface area is 214 Å². The number of aliphatic imine (C=N–C) groups is 1. The van der Waals surface area contributed by atoms with Gasteiger partial charge in [-0.15, -0.1) is 24.0 Å². The van der Waals surface area contributed by atoms with Crippen molar-refractivity contribution in [3.63, 3.8) is 0 Å². The fourth-order valence-electron chi connectivity index (χ4n) is 3.90. The average molecular weight is 569 g/mol. The monoisotopic (exact) mass is 569 g/mol. The number of rotatable bonds is 10. The van der Waals surface area contributed by atoms with Crippen LogP contribution in [0.2, 0.25) is 0 Å². The zero-order chi connectivity index (χ0) is 22.7. The Balaban J connectivity index is 0.00000385. The summed E-state index contributed by atoms with van der Waals surface area (Å²) in [5.41, 5.74) is 2.19. The lowest BCUT2D eigenvalue weighted by molar-refractivity contribution is 0.0514. The number of ether oxygens (including phenoxy) is 4. The maximum atomic E-state index is 5.81. The van der Waals surface area contributed by atoms with Gasteiger partial charge in [-0.05, 0) is 42.7 Å². The van der Waals surface area contributed by atoms with Gasteiger partial charge < -0.3 is 29.6 Å². The fraction of sp³-hybridized carbons (Fsp3) is 0.480. The second-order valence-corrected chi connectivity index (χ2v) is 7.89. The number of hydrogen-bond acceptors (Lipinski definition) is 5. The Morgan fingerprint density at radius 2 is 1.79 bits per heavy atom. The van der Waals surface area contributed by atoms with Gasteiger partial charge in [0.1, 0.15) is 11.5 Å². The standard InChI is InChI=1S/C25H35N3O4.HI/c1-26-24(28-21-6-4-7-23(18-21)32-15-5-14-29-2)27-19-25(12-16-31-17-13-25)20-8-10-22(30-3)11-9-20;/h4,6-11,18H,5,12-17,19H2,1-3H3,(H2,26,27,28);1H. The van der Waals surface area contributed by atoms with Gasteiger partial charge in [-0.1, -0.05) is 18.2 Å². The molecule has 0 amide bonds. The van der Waals surface area contributed by atoms with Crippen LogP contribution in [0, 0.1) is 0 Å². The van der Waals surface area contributed by atoms with Crippen LogP contribution < -0.4 is 20.1 Å². The first kappa shape index (κ1) is 27.2. The second-order valence-electron chi connectivity index (χ2n) is 7.89. The highest BCUT2D eigenvalue weighted by molar-refractivity contribution is 14.0. The molecule has 0 aliphatic carbocycles. The van der Waals surface area contributed by atoms with E-state index in [4.69, 9.17) is 18.9 Å². The molecule has 0 radical (unpaired) electrons. The Hall–Kier alpha value is -2.04. The van der Waals surface area contributed by atoms with Gasteiger partial charge in [0.25, 0.3) is 0 Å². The molecule has 0 unspecified atom stereocenters. The summed E-state index contributed by atoms with van der Waals surface area (Å²) in [6.45, 7) is 3.58. The SMILES string of the molecule is CN=C(NCC1(c2ccc(OC)cc2)CCOCC1)Nc1cccc(OCCCOC)c1.I. The summed E-state index contributed by atoms with van der Waals surface area (Å²) < 4.78 is 21.9. The number of nitrogens with one attached hydrogen (secondary N) is 2. The van der Waals surface area contributed by atoms with Crippen LogP contribution >= 0.6 is 24.0 Å². The summed E-state index contributed by atoms with van der Waals surface area (Å²) in [5.74, 6) is 2.41. The predicted molar refractivity (Wildman–Crippen MR) is 144 cm³/mol. The van der Waals surface area contributed by atoms with Crippen LogP contribution in [-0.2, 0) is 14.9 Å². The summed E-state index contributed by atoms with van der Waals surface area (Å²) in [4.78, 5) is 4.42. The lowest BCUT2D eigenvalue weighted by atomic mass is 9.74. The second kappa shape index (κ2) is 14.3. The third kappa shape index (κ3) is 8.04. The summed E-state index contributed by atoms with van der Waals surface area (Å²) in [6, 6.07) is 16.3. The summed E-state index contributed by atoms with van der Waals surface area (Å²) in [5, 5.41) is 6.91. The summed E-state index contributed by atoms with van der Waals surface area (Å²) in [7, 11) is 5.17. The van der Waals surface area contributed by atoms with Crippen LogP contribution in [-0.4, -0.2) is 60.2 Å². The van der Waals surface area contributed by atoms with E-state index in [1.807, 2.05) is 36.4 Å². The lowest BCUT2D eigenvalue weighted by Gasteiger charge is -2.38. The molecule has 7 nitrogen and oxygen atoms in total. The Bertz CT molecular complexity index is 855. The highest BCUT2D eigenvalue weighted by Crippen LogP contribution is 2.35. The highest BCUT2D eigenvalue weighted by atomic mass is 127. The van der Waals surface area contributed by atoms with Crippen molar-refractivity contribution in [3.8, 4) is 11.5 Å². The molecular formula is C25H36IN3O4. The first-order valence-electron chi connectivity index (χ1n) is 11.1. The molecular weight excluding hydrogens is 533 g/mol. The topological polar surface area (TPSA) is 73.3 Å². The van der Waals surface area contributed by atoms with Crippen molar-refractivity contribution in [3.05, 3.63) is 54.1 Å². The van der Waals surface area contributed by atoms with Crippen molar-refractivity contribution in [2.24, 2.45) is 4.99 Å². The van der Waals surface area contributed by atoms with E-state index in [0.29, 0.717) is 13.2 Å². The summed E-state index contributed by atoms with van der Waals surface area (Å²) in [6.07, 6.45) is 2.76. The van der Waals surface area contributed by atoms with Gasteiger partial charge in [0.2, 0.25) is 0 Å². The van der Waals surface area contributed by atoms with E-state index >= 15 is 0 Å². The van der Waals surface area contributed by atoms with Crippen molar-refractivity contribution < 1.29 is 18.9 Å². The average Bonchev–Trinajstić information content (AvgIpc) is 2.85. The molecule has 0 saturated carbocycles. The zero-order valence-electron chi connectivity index (χ0n) is 19.8. The van der Waals surface area contributed by atoms with Gasteiger partial charge in [0.05, 0.1) is 13.7 Å². The van der Waals surface area contributed by atoms with Gasteiger partial charge >= 0.3 is 0 Å². The van der Waals surface area contributed by atoms with E-state index in [1.165, 1.54) is 5.56 Å². The van der Waals surface area contributed by atoms with Gasteiger partial charge in [-0.25, -0.2) is 0 Å². The molecule has 8 heteroatoms. The normalized spacial score (nSPS) is 15.3. The smallest absolute Gasteiger partial charge is 0.195 e. The van der Waals surface area contributed by atoms with Crippen molar-refractivity contribution in [1.29, 1.82) is 0 Å². The Kier molecular flexibility index (Phi) is 11.8. The van der Waals surface area contributed by atoms with Crippen LogP contribution in [0.5, 0.6) is 11.5 Å². The highest BCUT2D eigenvalue weighted by Gasteiger charge is 2.34. The molecule has 1 saturated heterocycles. The minimum Gasteiger partial charge on any atom is -0.497 e. The van der Waals surface area contributed by atoms with Crippen molar-refractivity contribution in [2.45, 2.75) is 24.7 Å².